The summed E-state index contributed by atoms with van der Waals surface area (Å²) in [6.45, 7) is 3.56. The summed E-state index contributed by atoms with van der Waals surface area (Å²) in [6.07, 6.45) is -0.423. The van der Waals surface area contributed by atoms with Crippen molar-refractivity contribution >= 4 is 53.4 Å². The summed E-state index contributed by atoms with van der Waals surface area (Å²) in [6, 6.07) is 22.3. The van der Waals surface area contributed by atoms with Gasteiger partial charge in [-0.15, -0.1) is 11.3 Å². The van der Waals surface area contributed by atoms with Gasteiger partial charge < -0.3 is 15.4 Å². The van der Waals surface area contributed by atoms with Crippen LogP contribution in [0.1, 0.15) is 37.8 Å². The third kappa shape index (κ3) is 8.41. The molecule has 0 bridgehead atoms. The van der Waals surface area contributed by atoms with Crippen LogP contribution < -0.4 is 5.73 Å². The van der Waals surface area contributed by atoms with E-state index in [1.165, 1.54) is 35.3 Å². The van der Waals surface area contributed by atoms with Crippen LogP contribution in [-0.2, 0) is 42.4 Å². The van der Waals surface area contributed by atoms with Gasteiger partial charge in [-0.3, -0.25) is 4.79 Å². The Labute approximate surface area is 285 Å². The van der Waals surface area contributed by atoms with Crippen molar-refractivity contribution in [2.24, 2.45) is 17.6 Å². The molecule has 256 valence electrons. The van der Waals surface area contributed by atoms with Crippen LogP contribution in [0.25, 0.3) is 10.2 Å². The first-order chi connectivity index (χ1) is 22.9. The Kier molecular flexibility index (Phi) is 11.2. The number of thiazole rings is 1. The molecule has 1 aliphatic heterocycles. The maximum atomic E-state index is 14.2. The van der Waals surface area contributed by atoms with Crippen molar-refractivity contribution < 1.29 is 31.2 Å². The highest BCUT2D eigenvalue weighted by Gasteiger charge is 2.41. The van der Waals surface area contributed by atoms with Crippen molar-refractivity contribution in [2.75, 3.05) is 18.1 Å². The van der Waals surface area contributed by atoms with Gasteiger partial charge in [0.25, 0.3) is 10.0 Å². The molecule has 0 radical (unpaired) electrons. The Hall–Kier alpha value is -3.85. The number of sulfonamides is 1. The van der Waals surface area contributed by atoms with Gasteiger partial charge in [0.15, 0.2) is 9.84 Å². The van der Waals surface area contributed by atoms with Crippen LogP contribution >= 0.6 is 11.3 Å². The molecule has 14 heteroatoms. The van der Waals surface area contributed by atoms with Crippen molar-refractivity contribution in [3.63, 3.8) is 0 Å². The predicted molar refractivity (Wildman–Crippen MR) is 185 cm³/mol. The molecule has 4 atom stereocenters. The van der Waals surface area contributed by atoms with Gasteiger partial charge in [0.2, 0.25) is 5.91 Å². The number of sulfone groups is 1. The molecule has 5 rings (SSSR count). The number of carbonyl (C=O) groups is 2. The SMILES string of the molecule is CC(CS(=O)(=O)C[C@@H]1CCCN1C(=O)OCc1ccccc1)C(=O)N([C@H](N)[C@@H](C)Cc1ccccc1)S(=O)(=O)c1ccc2ncsc2c1. The molecule has 3 aromatic carbocycles. The van der Waals surface area contributed by atoms with E-state index in [1.807, 2.05) is 60.7 Å². The minimum absolute atomic E-state index is 0.0599. The molecule has 2 heterocycles. The molecule has 2 amide bonds. The van der Waals surface area contributed by atoms with Crippen LogP contribution in [-0.4, -0.2) is 73.3 Å². The highest BCUT2D eigenvalue weighted by Crippen LogP contribution is 2.29. The maximum absolute atomic E-state index is 14.2. The van der Waals surface area contributed by atoms with Gasteiger partial charge >= 0.3 is 6.09 Å². The zero-order chi connectivity index (χ0) is 34.5. The van der Waals surface area contributed by atoms with Crippen LogP contribution in [0.3, 0.4) is 0 Å². The van der Waals surface area contributed by atoms with Crippen molar-refractivity contribution in [3.8, 4) is 0 Å². The van der Waals surface area contributed by atoms with E-state index >= 15 is 0 Å². The average molecular weight is 713 g/mol. The summed E-state index contributed by atoms with van der Waals surface area (Å²) in [7, 11) is -8.45. The smallest absolute Gasteiger partial charge is 0.410 e. The maximum Gasteiger partial charge on any atom is 0.410 e. The topological polar surface area (TPSA) is 157 Å². The molecule has 0 aliphatic carbocycles. The lowest BCUT2D eigenvalue weighted by Gasteiger charge is -2.34. The average Bonchev–Trinajstić information content (AvgIpc) is 3.73. The van der Waals surface area contributed by atoms with E-state index in [0.29, 0.717) is 40.3 Å². The standard InChI is InChI=1S/C34H40N4O7S3/c1-24(18-26-10-5-3-6-11-26)32(35)38(48(43,44)29-15-16-30-31(19-29)46-23-36-30)33(39)25(2)21-47(41,42)22-28-14-9-17-37(28)34(40)45-20-27-12-7-4-8-13-27/h3-8,10-13,15-16,19,23-25,28,32H,9,14,17-18,20-22,35H2,1-2H3/t24-,25?,28-,32-/m0/s1. The fraction of sp³-hybridized carbons (Fsp3) is 0.382. The summed E-state index contributed by atoms with van der Waals surface area (Å²) < 4.78 is 62.1. The molecule has 0 spiro atoms. The van der Waals surface area contributed by atoms with Crippen molar-refractivity contribution in [3.05, 3.63) is 95.5 Å². The van der Waals surface area contributed by atoms with Gasteiger partial charge in [0.1, 0.15) is 6.61 Å². The second-order valence-corrected chi connectivity index (χ2v) is 17.1. The Morgan fingerprint density at radius 3 is 2.35 bits per heavy atom. The summed E-state index contributed by atoms with van der Waals surface area (Å²) in [5, 5.41) is 0. The molecule has 1 aromatic heterocycles. The Balaban J connectivity index is 1.33. The summed E-state index contributed by atoms with van der Waals surface area (Å²) in [5.74, 6) is -3.66. The number of carbonyl (C=O) groups excluding carboxylic acids is 2. The first kappa shape index (κ1) is 35.5. The van der Waals surface area contributed by atoms with Gasteiger partial charge in [-0.1, -0.05) is 74.5 Å². The minimum atomic E-state index is -4.51. The third-order valence-corrected chi connectivity index (χ3v) is 13.0. The predicted octanol–water partition coefficient (Wildman–Crippen LogP) is 4.83. The molecule has 48 heavy (non-hydrogen) atoms. The summed E-state index contributed by atoms with van der Waals surface area (Å²) >= 11 is 1.26. The highest BCUT2D eigenvalue weighted by molar-refractivity contribution is 7.91. The minimum Gasteiger partial charge on any atom is -0.445 e. The van der Waals surface area contributed by atoms with Crippen LogP contribution in [0, 0.1) is 11.8 Å². The second kappa shape index (κ2) is 15.1. The Morgan fingerprint density at radius 2 is 1.67 bits per heavy atom. The fourth-order valence-corrected chi connectivity index (χ4v) is 10.4. The van der Waals surface area contributed by atoms with E-state index < -0.39 is 61.7 Å². The molecule has 1 unspecified atom stereocenters. The molecular formula is C34H40N4O7S3. The molecular weight excluding hydrogens is 673 g/mol. The number of hydrogen-bond acceptors (Lipinski definition) is 10. The summed E-state index contributed by atoms with van der Waals surface area (Å²) in [5.41, 5.74) is 10.5. The van der Waals surface area contributed by atoms with Crippen molar-refractivity contribution in [2.45, 2.75) is 56.8 Å². The largest absolute Gasteiger partial charge is 0.445 e. The number of benzene rings is 3. The molecule has 1 fully saturated rings. The number of nitrogens with zero attached hydrogens (tertiary/aromatic N) is 3. The Morgan fingerprint density at radius 1 is 1.00 bits per heavy atom. The number of ether oxygens (including phenoxy) is 1. The van der Waals surface area contributed by atoms with Crippen molar-refractivity contribution in [1.29, 1.82) is 0 Å². The number of aromatic nitrogens is 1. The van der Waals surface area contributed by atoms with E-state index in [9.17, 15) is 26.4 Å². The lowest BCUT2D eigenvalue weighted by molar-refractivity contribution is -0.131. The summed E-state index contributed by atoms with van der Waals surface area (Å²) in [4.78, 5) is 32.4. The lowest BCUT2D eigenvalue weighted by atomic mass is 9.98. The van der Waals surface area contributed by atoms with Gasteiger partial charge in [-0.2, -0.15) is 0 Å². The number of nitrogens with two attached hydrogens (primary N) is 1. The van der Waals surface area contributed by atoms with E-state index in [0.717, 1.165) is 11.1 Å². The van der Waals surface area contributed by atoms with Gasteiger partial charge in [-0.25, -0.2) is 30.9 Å². The zero-order valence-electron chi connectivity index (χ0n) is 26.8. The molecule has 0 saturated carbocycles. The molecule has 11 nitrogen and oxygen atoms in total. The molecule has 1 aliphatic rings. The van der Waals surface area contributed by atoms with E-state index in [-0.39, 0.29) is 17.3 Å². The highest BCUT2D eigenvalue weighted by atomic mass is 32.2. The van der Waals surface area contributed by atoms with E-state index in [2.05, 4.69) is 4.98 Å². The number of amides is 2. The lowest BCUT2D eigenvalue weighted by Crippen LogP contribution is -2.55. The first-order valence-electron chi connectivity index (χ1n) is 15.7. The Bertz CT molecular complexity index is 1940. The molecule has 1 saturated heterocycles. The number of likely N-dealkylation sites (tertiary alicyclic amines) is 1. The normalized spacial score (nSPS) is 17.1. The zero-order valence-corrected chi connectivity index (χ0v) is 29.3. The van der Waals surface area contributed by atoms with Gasteiger partial charge in [0, 0.05) is 12.6 Å². The van der Waals surface area contributed by atoms with Crippen LogP contribution in [0.2, 0.25) is 0 Å². The van der Waals surface area contributed by atoms with E-state index in [1.54, 1.807) is 18.5 Å². The van der Waals surface area contributed by atoms with Crippen molar-refractivity contribution in [1.82, 2.24) is 14.2 Å². The number of rotatable bonds is 13. The van der Waals surface area contributed by atoms with Gasteiger partial charge in [0.05, 0.1) is 44.2 Å². The number of hydrogen-bond donors (Lipinski definition) is 1. The van der Waals surface area contributed by atoms with Crippen LogP contribution in [0.5, 0.6) is 0 Å². The second-order valence-electron chi connectivity index (χ2n) is 12.3. The third-order valence-electron chi connectivity index (χ3n) is 8.52. The van der Waals surface area contributed by atoms with Crippen LogP contribution in [0.4, 0.5) is 4.79 Å². The van der Waals surface area contributed by atoms with Crippen LogP contribution in [0.15, 0.2) is 89.3 Å². The monoisotopic (exact) mass is 712 g/mol. The first-order valence-corrected chi connectivity index (χ1v) is 19.9. The van der Waals surface area contributed by atoms with E-state index in [4.69, 9.17) is 10.5 Å². The molecule has 4 aromatic rings. The fourth-order valence-electron chi connectivity index (χ4n) is 5.95. The quantitative estimate of drug-likeness (QED) is 0.192. The molecule has 2 N–H and O–H groups in total. The number of fused-ring (bicyclic) bond motifs is 1. The van der Waals surface area contributed by atoms with Gasteiger partial charge in [-0.05, 0) is 54.5 Å².